The van der Waals surface area contributed by atoms with Gasteiger partial charge in [0.15, 0.2) is 9.90 Å². The normalized spacial score (nSPS) is 11.0. The summed E-state index contributed by atoms with van der Waals surface area (Å²) in [7, 11) is 0. The minimum Gasteiger partial charge on any atom is -0.331 e. The minimum absolute atomic E-state index is 0.0401. The zero-order valence-corrected chi connectivity index (χ0v) is 17.8. The maximum atomic E-state index is 14.2. The Labute approximate surface area is 180 Å². The number of carbonyl (C=O) groups excluding carboxylic acids is 1. The van der Waals surface area contributed by atoms with Crippen LogP contribution in [0.15, 0.2) is 47.3 Å². The monoisotopic (exact) mass is 440 g/mol. The van der Waals surface area contributed by atoms with Gasteiger partial charge < -0.3 is 4.98 Å². The molecular formula is C21H17FN4O2S2. The number of aryl methyl sites for hydroxylation is 2. The van der Waals surface area contributed by atoms with Gasteiger partial charge in [0.2, 0.25) is 0 Å². The molecular weight excluding hydrogens is 423 g/mol. The molecule has 9 heteroatoms. The Hall–Kier alpha value is -3.17. The van der Waals surface area contributed by atoms with E-state index in [2.05, 4.69) is 15.3 Å². The Morgan fingerprint density at radius 3 is 2.77 bits per heavy atom. The second kappa shape index (κ2) is 7.92. The number of benzene rings is 2. The SMILES string of the molecule is CCc1nc(NC(=O)c2ccc3c(=O)n(-c4ccccc4F)c(=S)[nH]c3c2)sc1C. The molecule has 2 N–H and O–H groups in total. The fraction of sp³-hybridized carbons (Fsp3) is 0.143. The summed E-state index contributed by atoms with van der Waals surface area (Å²) in [5.74, 6) is -0.898. The quantitative estimate of drug-likeness (QED) is 0.448. The van der Waals surface area contributed by atoms with Gasteiger partial charge in [-0.05, 0) is 55.9 Å². The fourth-order valence-electron chi connectivity index (χ4n) is 3.19. The van der Waals surface area contributed by atoms with Crippen LogP contribution in [0.1, 0.15) is 27.9 Å². The van der Waals surface area contributed by atoms with Crippen LogP contribution in [0.5, 0.6) is 0 Å². The van der Waals surface area contributed by atoms with Crippen LogP contribution in [0.4, 0.5) is 9.52 Å². The number of H-pyrrole nitrogens is 1. The number of rotatable bonds is 4. The Bertz CT molecular complexity index is 1400. The van der Waals surface area contributed by atoms with Gasteiger partial charge in [-0.2, -0.15) is 0 Å². The minimum atomic E-state index is -0.556. The van der Waals surface area contributed by atoms with Gasteiger partial charge in [-0.15, -0.1) is 11.3 Å². The van der Waals surface area contributed by atoms with Gasteiger partial charge in [0.05, 0.1) is 22.3 Å². The molecule has 4 rings (SSSR count). The van der Waals surface area contributed by atoms with E-state index in [-0.39, 0.29) is 16.4 Å². The van der Waals surface area contributed by atoms with Crippen molar-refractivity contribution in [3.05, 3.63) is 79.5 Å². The van der Waals surface area contributed by atoms with Crippen LogP contribution in [0.3, 0.4) is 0 Å². The highest BCUT2D eigenvalue weighted by atomic mass is 32.1. The zero-order chi connectivity index (χ0) is 21.4. The molecule has 6 nitrogen and oxygen atoms in total. The van der Waals surface area contributed by atoms with Crippen molar-refractivity contribution in [2.45, 2.75) is 20.3 Å². The van der Waals surface area contributed by atoms with Gasteiger partial charge in [0, 0.05) is 10.4 Å². The molecule has 0 bridgehead atoms. The number of thiazole rings is 1. The molecule has 0 unspecified atom stereocenters. The number of amides is 1. The lowest BCUT2D eigenvalue weighted by atomic mass is 10.1. The number of nitrogens with zero attached hydrogens (tertiary/aromatic N) is 2. The first-order chi connectivity index (χ1) is 14.4. The van der Waals surface area contributed by atoms with Crippen LogP contribution >= 0.6 is 23.6 Å². The van der Waals surface area contributed by atoms with Crippen molar-refractivity contribution in [3.8, 4) is 5.69 Å². The summed E-state index contributed by atoms with van der Waals surface area (Å²) in [4.78, 5) is 34.0. The first-order valence-electron chi connectivity index (χ1n) is 9.20. The number of halogens is 1. The molecule has 1 amide bonds. The van der Waals surface area contributed by atoms with E-state index in [1.54, 1.807) is 18.2 Å². The van der Waals surface area contributed by atoms with Gasteiger partial charge in [0.1, 0.15) is 5.82 Å². The highest BCUT2D eigenvalue weighted by Crippen LogP contribution is 2.23. The molecule has 0 saturated carbocycles. The van der Waals surface area contributed by atoms with Crippen LogP contribution < -0.4 is 10.9 Å². The molecule has 2 aromatic carbocycles. The molecule has 0 aliphatic heterocycles. The molecule has 30 heavy (non-hydrogen) atoms. The third-order valence-corrected chi connectivity index (χ3v) is 5.91. The van der Waals surface area contributed by atoms with E-state index in [0.29, 0.717) is 21.6 Å². The van der Waals surface area contributed by atoms with E-state index < -0.39 is 11.4 Å². The fourth-order valence-corrected chi connectivity index (χ4v) is 4.38. The molecule has 0 radical (unpaired) electrons. The van der Waals surface area contributed by atoms with Crippen molar-refractivity contribution in [1.29, 1.82) is 0 Å². The third kappa shape index (κ3) is 3.57. The Morgan fingerprint density at radius 1 is 1.30 bits per heavy atom. The molecule has 0 fully saturated rings. The molecule has 0 atom stereocenters. The number of fused-ring (bicyclic) bond motifs is 1. The number of para-hydroxylation sites is 1. The second-order valence-corrected chi connectivity index (χ2v) is 8.20. The molecule has 4 aromatic rings. The van der Waals surface area contributed by atoms with Gasteiger partial charge in [-0.1, -0.05) is 19.1 Å². The van der Waals surface area contributed by atoms with E-state index in [0.717, 1.165) is 21.6 Å². The maximum absolute atomic E-state index is 14.2. The molecule has 2 aromatic heterocycles. The summed E-state index contributed by atoms with van der Waals surface area (Å²) >= 11 is 6.70. The highest BCUT2D eigenvalue weighted by Gasteiger charge is 2.15. The van der Waals surface area contributed by atoms with Crippen molar-refractivity contribution in [2.24, 2.45) is 0 Å². The predicted molar refractivity (Wildman–Crippen MR) is 119 cm³/mol. The molecule has 0 saturated heterocycles. The van der Waals surface area contributed by atoms with Crippen LogP contribution in [0.25, 0.3) is 16.6 Å². The van der Waals surface area contributed by atoms with Crippen molar-refractivity contribution in [1.82, 2.24) is 14.5 Å². The summed E-state index contributed by atoms with van der Waals surface area (Å²) in [5, 5.41) is 3.61. The van der Waals surface area contributed by atoms with E-state index in [1.807, 2.05) is 13.8 Å². The Balaban J connectivity index is 1.74. The second-order valence-electron chi connectivity index (χ2n) is 6.61. The first kappa shape index (κ1) is 20.1. The van der Waals surface area contributed by atoms with Crippen molar-refractivity contribution < 1.29 is 9.18 Å². The average Bonchev–Trinajstić information content (AvgIpc) is 3.08. The van der Waals surface area contributed by atoms with Crippen molar-refractivity contribution >= 4 is 45.5 Å². The molecule has 152 valence electrons. The number of carbonyl (C=O) groups is 1. The van der Waals surface area contributed by atoms with Gasteiger partial charge >= 0.3 is 0 Å². The van der Waals surface area contributed by atoms with Gasteiger partial charge in [-0.25, -0.2) is 13.9 Å². The van der Waals surface area contributed by atoms with Crippen molar-refractivity contribution in [2.75, 3.05) is 5.32 Å². The average molecular weight is 441 g/mol. The van der Waals surface area contributed by atoms with E-state index in [4.69, 9.17) is 12.2 Å². The Kier molecular flexibility index (Phi) is 5.31. The lowest BCUT2D eigenvalue weighted by Gasteiger charge is -2.10. The summed E-state index contributed by atoms with van der Waals surface area (Å²) in [6.45, 7) is 3.97. The molecule has 0 aliphatic rings. The first-order valence-corrected chi connectivity index (χ1v) is 10.4. The number of aromatic amines is 1. The topological polar surface area (TPSA) is 79.8 Å². The number of aromatic nitrogens is 3. The summed E-state index contributed by atoms with van der Waals surface area (Å²) < 4.78 is 15.3. The van der Waals surface area contributed by atoms with Crippen LogP contribution in [0, 0.1) is 17.5 Å². The molecule has 0 aliphatic carbocycles. The van der Waals surface area contributed by atoms with Crippen LogP contribution in [0.2, 0.25) is 0 Å². The van der Waals surface area contributed by atoms with Gasteiger partial charge in [0.25, 0.3) is 11.5 Å². The predicted octanol–water partition coefficient (Wildman–Crippen LogP) is 4.77. The molecule has 0 spiro atoms. The Morgan fingerprint density at radius 2 is 2.07 bits per heavy atom. The number of nitrogens with one attached hydrogen (secondary N) is 2. The van der Waals surface area contributed by atoms with Crippen LogP contribution in [-0.2, 0) is 6.42 Å². The summed E-state index contributed by atoms with van der Waals surface area (Å²) in [6.07, 6.45) is 0.791. The highest BCUT2D eigenvalue weighted by molar-refractivity contribution is 7.71. The summed E-state index contributed by atoms with van der Waals surface area (Å²) in [5.41, 5.74) is 1.30. The van der Waals surface area contributed by atoms with E-state index in [9.17, 15) is 14.0 Å². The standard InChI is InChI=1S/C21H17FN4O2S2/c1-3-15-11(2)30-20(23-15)25-18(27)12-8-9-13-16(10-12)24-21(29)26(19(13)28)17-7-5-4-6-14(17)22/h4-10H,3H2,1-2H3,(H,24,29)(H,23,25,27). The number of anilines is 1. The lowest BCUT2D eigenvalue weighted by molar-refractivity contribution is 0.102. The van der Waals surface area contributed by atoms with E-state index in [1.165, 1.54) is 35.6 Å². The van der Waals surface area contributed by atoms with Gasteiger partial charge in [-0.3, -0.25) is 14.9 Å². The lowest BCUT2D eigenvalue weighted by Crippen LogP contribution is -2.22. The van der Waals surface area contributed by atoms with Crippen molar-refractivity contribution in [3.63, 3.8) is 0 Å². The number of hydrogen-bond donors (Lipinski definition) is 2. The zero-order valence-electron chi connectivity index (χ0n) is 16.2. The summed E-state index contributed by atoms with van der Waals surface area (Å²) in [6, 6.07) is 10.5. The van der Waals surface area contributed by atoms with E-state index >= 15 is 0 Å². The number of hydrogen-bond acceptors (Lipinski definition) is 5. The maximum Gasteiger partial charge on any atom is 0.266 e. The smallest absolute Gasteiger partial charge is 0.266 e. The third-order valence-electron chi connectivity index (χ3n) is 4.70. The van der Waals surface area contributed by atoms with Crippen LogP contribution in [-0.4, -0.2) is 20.4 Å². The molecule has 2 heterocycles. The largest absolute Gasteiger partial charge is 0.331 e.